The molecular weight excluding hydrogens is 256 g/mol. The smallest absolute Gasteiger partial charge is 0.325 e. The number of nitrogens with zero attached hydrogens (tertiary/aromatic N) is 1. The Balaban J connectivity index is 3.05. The van der Waals surface area contributed by atoms with Gasteiger partial charge in [-0.1, -0.05) is 0 Å². The van der Waals surface area contributed by atoms with E-state index < -0.39 is 21.2 Å². The second kappa shape index (κ2) is 5.26. The first-order valence-corrected chi connectivity index (χ1v) is 6.72. The number of benzene rings is 1. The monoisotopic (exact) mass is 272 g/mol. The highest BCUT2D eigenvalue weighted by atomic mass is 32.2. The largest absolute Gasteiger partial charge is 0.468 e. The maximum atomic E-state index is 12.1. The van der Waals surface area contributed by atoms with E-state index in [-0.39, 0.29) is 0 Å². The van der Waals surface area contributed by atoms with E-state index in [1.165, 1.54) is 14.0 Å². The van der Waals surface area contributed by atoms with Crippen molar-refractivity contribution in [3.63, 3.8) is 0 Å². The number of carbonyl (C=O) groups is 1. The summed E-state index contributed by atoms with van der Waals surface area (Å²) in [6, 6.07) is 6.31. The second-order valence-corrected chi connectivity index (χ2v) is 6.05. The average molecular weight is 272 g/mol. The number of nitrogen functional groups attached to an aromatic ring is 1. The lowest BCUT2D eigenvalue weighted by Crippen LogP contribution is -2.39. The number of hydrogen-bond donors (Lipinski definition) is 1. The number of hydrogen-bond acceptors (Lipinski definition) is 5. The third-order valence-electron chi connectivity index (χ3n) is 2.62. The van der Waals surface area contributed by atoms with Gasteiger partial charge >= 0.3 is 5.97 Å². The number of ether oxygens (including phenoxy) is 1. The molecule has 1 unspecified atom stereocenters. The van der Waals surface area contributed by atoms with E-state index >= 15 is 0 Å². The van der Waals surface area contributed by atoms with E-state index in [0.29, 0.717) is 11.4 Å². The van der Waals surface area contributed by atoms with E-state index in [4.69, 9.17) is 5.73 Å². The zero-order valence-electron chi connectivity index (χ0n) is 10.5. The number of carbonyl (C=O) groups excluding carboxylic acids is 1. The molecule has 0 amide bonds. The van der Waals surface area contributed by atoms with Crippen LogP contribution in [0.4, 0.5) is 11.4 Å². The van der Waals surface area contributed by atoms with Gasteiger partial charge in [0.05, 0.1) is 12.8 Å². The fraction of sp³-hybridized carbons (Fsp3) is 0.364. The first-order valence-electron chi connectivity index (χ1n) is 5.21. The molecule has 0 aliphatic heterocycles. The third-order valence-corrected chi connectivity index (χ3v) is 4.68. The van der Waals surface area contributed by atoms with Gasteiger partial charge < -0.3 is 10.5 Å². The number of rotatable bonds is 4. The van der Waals surface area contributed by atoms with Crippen LogP contribution in [0.5, 0.6) is 0 Å². The Hall–Kier alpha value is -1.76. The summed E-state index contributed by atoms with van der Waals surface area (Å²) < 4.78 is 29.7. The van der Waals surface area contributed by atoms with Crippen molar-refractivity contribution in [2.75, 3.05) is 24.2 Å². The lowest BCUT2D eigenvalue weighted by Gasteiger charge is -2.22. The van der Waals surface area contributed by atoms with Crippen molar-refractivity contribution >= 4 is 27.4 Å². The van der Waals surface area contributed by atoms with Crippen LogP contribution in [0.1, 0.15) is 6.92 Å². The van der Waals surface area contributed by atoms with Gasteiger partial charge in [0.2, 0.25) is 10.0 Å². The van der Waals surface area contributed by atoms with Gasteiger partial charge in [-0.25, -0.2) is 8.42 Å². The van der Waals surface area contributed by atoms with Crippen molar-refractivity contribution in [3.05, 3.63) is 24.3 Å². The highest BCUT2D eigenvalue weighted by Gasteiger charge is 2.32. The van der Waals surface area contributed by atoms with Crippen molar-refractivity contribution in [2.24, 2.45) is 0 Å². The van der Waals surface area contributed by atoms with Crippen LogP contribution in [0, 0.1) is 0 Å². The molecule has 0 aliphatic carbocycles. The molecule has 0 fully saturated rings. The maximum Gasteiger partial charge on any atom is 0.325 e. The SMILES string of the molecule is COC(=O)C(C)S(=O)(=O)N(C)c1ccc(N)cc1. The number of anilines is 2. The molecule has 1 aromatic rings. The molecule has 18 heavy (non-hydrogen) atoms. The first-order chi connectivity index (χ1) is 8.30. The van der Waals surface area contributed by atoms with Gasteiger partial charge in [-0.05, 0) is 31.2 Å². The predicted molar refractivity (Wildman–Crippen MR) is 69.7 cm³/mol. The van der Waals surface area contributed by atoms with Crippen molar-refractivity contribution in [1.82, 2.24) is 0 Å². The molecule has 0 aliphatic rings. The summed E-state index contributed by atoms with van der Waals surface area (Å²) in [5, 5.41) is -1.26. The fourth-order valence-corrected chi connectivity index (χ4v) is 2.59. The zero-order chi connectivity index (χ0) is 13.9. The molecule has 0 heterocycles. The molecule has 1 rings (SSSR count). The predicted octanol–water partition coefficient (Wildman–Crippen LogP) is 0.596. The Morgan fingerprint density at radius 2 is 1.83 bits per heavy atom. The van der Waals surface area contributed by atoms with Crippen LogP contribution in [-0.4, -0.2) is 33.8 Å². The van der Waals surface area contributed by atoms with Gasteiger partial charge in [0.1, 0.15) is 0 Å². The minimum absolute atomic E-state index is 0.431. The molecule has 0 radical (unpaired) electrons. The molecule has 6 nitrogen and oxygen atoms in total. The summed E-state index contributed by atoms with van der Waals surface area (Å²) in [6.45, 7) is 1.29. The Bertz CT molecular complexity index is 524. The summed E-state index contributed by atoms with van der Waals surface area (Å²) in [4.78, 5) is 11.3. The number of sulfonamides is 1. The van der Waals surface area contributed by atoms with Crippen molar-refractivity contribution in [2.45, 2.75) is 12.2 Å². The Morgan fingerprint density at radius 1 is 1.33 bits per heavy atom. The summed E-state index contributed by atoms with van der Waals surface area (Å²) in [6.07, 6.45) is 0. The summed E-state index contributed by atoms with van der Waals surface area (Å²) in [7, 11) is -1.27. The highest BCUT2D eigenvalue weighted by molar-refractivity contribution is 7.94. The van der Waals surface area contributed by atoms with Gasteiger partial charge in [0.25, 0.3) is 0 Å². The van der Waals surface area contributed by atoms with Crippen LogP contribution in [0.25, 0.3) is 0 Å². The van der Waals surface area contributed by atoms with Crippen LogP contribution < -0.4 is 10.0 Å². The Morgan fingerprint density at radius 3 is 2.28 bits per heavy atom. The molecular formula is C11H16N2O4S. The summed E-state index contributed by atoms with van der Waals surface area (Å²) >= 11 is 0. The Kier molecular flexibility index (Phi) is 4.18. The minimum atomic E-state index is -3.80. The normalized spacial score (nSPS) is 12.8. The van der Waals surface area contributed by atoms with E-state index in [9.17, 15) is 13.2 Å². The van der Waals surface area contributed by atoms with Crippen LogP contribution >= 0.6 is 0 Å². The number of nitrogens with two attached hydrogens (primary N) is 1. The van der Waals surface area contributed by atoms with Crippen LogP contribution in [0.3, 0.4) is 0 Å². The average Bonchev–Trinajstić information content (AvgIpc) is 2.36. The van der Waals surface area contributed by atoms with Gasteiger partial charge in [-0.15, -0.1) is 0 Å². The van der Waals surface area contributed by atoms with Gasteiger partial charge in [0.15, 0.2) is 5.25 Å². The lowest BCUT2D eigenvalue weighted by atomic mass is 10.3. The Labute approximate surface area is 106 Å². The molecule has 0 saturated carbocycles. The van der Waals surface area contributed by atoms with E-state index in [2.05, 4.69) is 4.74 Å². The van der Waals surface area contributed by atoms with Gasteiger partial charge in [-0.2, -0.15) is 0 Å². The van der Waals surface area contributed by atoms with Crippen molar-refractivity contribution in [3.8, 4) is 0 Å². The summed E-state index contributed by atoms with van der Waals surface area (Å²) in [5.74, 6) is -0.794. The number of methoxy groups -OCH3 is 1. The molecule has 2 N–H and O–H groups in total. The molecule has 100 valence electrons. The highest BCUT2D eigenvalue weighted by Crippen LogP contribution is 2.20. The van der Waals surface area contributed by atoms with E-state index in [0.717, 1.165) is 11.4 Å². The molecule has 7 heteroatoms. The molecule has 0 aromatic heterocycles. The van der Waals surface area contributed by atoms with Crippen molar-refractivity contribution < 1.29 is 17.9 Å². The summed E-state index contributed by atoms with van der Waals surface area (Å²) in [5.41, 5.74) is 6.49. The van der Waals surface area contributed by atoms with Gasteiger partial charge in [0, 0.05) is 12.7 Å². The topological polar surface area (TPSA) is 89.7 Å². The van der Waals surface area contributed by atoms with E-state index in [1.54, 1.807) is 24.3 Å². The second-order valence-electron chi connectivity index (χ2n) is 3.77. The maximum absolute atomic E-state index is 12.1. The standard InChI is InChI=1S/C11H16N2O4S/c1-8(11(14)17-3)18(15,16)13(2)10-6-4-9(12)5-7-10/h4-8H,12H2,1-3H3. The van der Waals surface area contributed by atoms with Crippen LogP contribution in [0.2, 0.25) is 0 Å². The first kappa shape index (κ1) is 14.3. The van der Waals surface area contributed by atoms with Crippen molar-refractivity contribution in [1.29, 1.82) is 0 Å². The fourth-order valence-electron chi connectivity index (χ4n) is 1.36. The van der Waals surface area contributed by atoms with Crippen LogP contribution in [0.15, 0.2) is 24.3 Å². The quantitative estimate of drug-likeness (QED) is 0.640. The molecule has 0 saturated heterocycles. The number of esters is 1. The third kappa shape index (κ3) is 2.73. The van der Waals surface area contributed by atoms with Gasteiger partial charge in [-0.3, -0.25) is 9.10 Å². The molecule has 1 atom stereocenters. The molecule has 0 spiro atoms. The molecule has 1 aromatic carbocycles. The van der Waals surface area contributed by atoms with E-state index in [1.807, 2.05) is 0 Å². The minimum Gasteiger partial charge on any atom is -0.468 e. The molecule has 0 bridgehead atoms. The van der Waals surface area contributed by atoms with Crippen LogP contribution in [-0.2, 0) is 19.6 Å². The lowest BCUT2D eigenvalue weighted by molar-refractivity contribution is -0.139. The zero-order valence-corrected chi connectivity index (χ0v) is 11.3.